The SMILES string of the molecule is C=C(C)C/C=C(/COC[C@H]1CO1)[Si](C)(CCC)CCC. The third kappa shape index (κ3) is 6.38. The molecular formula is C17H32O2Si. The van der Waals surface area contributed by atoms with Crippen LogP contribution in [0.1, 0.15) is 40.0 Å². The number of rotatable bonds is 11. The first kappa shape index (κ1) is 17.7. The molecule has 0 aliphatic carbocycles. The number of allylic oxidation sites excluding steroid dienone is 2. The van der Waals surface area contributed by atoms with Crippen LogP contribution in [0, 0.1) is 0 Å². The molecule has 1 heterocycles. The average molecular weight is 297 g/mol. The molecule has 1 aliphatic rings. The Morgan fingerprint density at radius 3 is 2.40 bits per heavy atom. The molecule has 0 N–H and O–H groups in total. The highest BCUT2D eigenvalue weighted by Crippen LogP contribution is 2.29. The maximum Gasteiger partial charge on any atom is 0.104 e. The predicted molar refractivity (Wildman–Crippen MR) is 89.9 cm³/mol. The highest BCUT2D eigenvalue weighted by molar-refractivity contribution is 6.85. The third-order valence-corrected chi connectivity index (χ3v) is 9.15. The van der Waals surface area contributed by atoms with Crippen molar-refractivity contribution in [3.05, 3.63) is 23.4 Å². The summed E-state index contributed by atoms with van der Waals surface area (Å²) < 4.78 is 11.1. The monoisotopic (exact) mass is 296 g/mol. The summed E-state index contributed by atoms with van der Waals surface area (Å²) in [5, 5.41) is 1.59. The molecule has 0 spiro atoms. The van der Waals surface area contributed by atoms with Gasteiger partial charge in [-0.05, 0) is 13.3 Å². The van der Waals surface area contributed by atoms with Crippen LogP contribution in [0.5, 0.6) is 0 Å². The summed E-state index contributed by atoms with van der Waals surface area (Å²) in [5.74, 6) is 0. The maximum atomic E-state index is 5.90. The van der Waals surface area contributed by atoms with Gasteiger partial charge in [0, 0.05) is 0 Å². The molecule has 0 bridgehead atoms. The zero-order chi connectivity index (χ0) is 15.0. The fraction of sp³-hybridized carbons (Fsp3) is 0.765. The number of epoxide rings is 1. The predicted octanol–water partition coefficient (Wildman–Crippen LogP) is 4.73. The average Bonchev–Trinajstić information content (AvgIpc) is 3.17. The Kier molecular flexibility index (Phi) is 7.78. The van der Waals surface area contributed by atoms with Crippen molar-refractivity contribution in [2.75, 3.05) is 19.8 Å². The standard InChI is InChI=1S/C17H32O2Si/c1-6-10-20(5,11-7-2)17(9-8-15(3)4)14-18-12-16-13-19-16/h9,16H,3,6-8,10-14H2,1-2,4-5H3/b17-9-/t16-/m0/s1. The van der Waals surface area contributed by atoms with Crippen molar-refractivity contribution in [3.8, 4) is 0 Å². The van der Waals surface area contributed by atoms with E-state index < -0.39 is 8.07 Å². The molecule has 3 heteroatoms. The lowest BCUT2D eigenvalue weighted by atomic mass is 10.2. The molecule has 1 aliphatic heterocycles. The van der Waals surface area contributed by atoms with Gasteiger partial charge in [-0.2, -0.15) is 0 Å². The van der Waals surface area contributed by atoms with Crippen molar-refractivity contribution in [2.45, 2.75) is 64.8 Å². The van der Waals surface area contributed by atoms with Gasteiger partial charge in [-0.1, -0.05) is 68.7 Å². The van der Waals surface area contributed by atoms with Crippen LogP contribution >= 0.6 is 0 Å². The molecule has 0 aromatic carbocycles. The highest BCUT2D eigenvalue weighted by atomic mass is 28.3. The van der Waals surface area contributed by atoms with E-state index in [1.807, 2.05) is 0 Å². The molecule has 1 atom stereocenters. The van der Waals surface area contributed by atoms with Crippen LogP contribution < -0.4 is 0 Å². The number of ether oxygens (including phenoxy) is 2. The Balaban J connectivity index is 2.69. The number of hydrogen-bond acceptors (Lipinski definition) is 2. The molecule has 1 fully saturated rings. The zero-order valence-electron chi connectivity index (χ0n) is 13.8. The Labute approximate surface area is 126 Å². The quantitative estimate of drug-likeness (QED) is 0.312. The Bertz CT molecular complexity index is 326. The molecule has 20 heavy (non-hydrogen) atoms. The van der Waals surface area contributed by atoms with Crippen molar-refractivity contribution in [2.24, 2.45) is 0 Å². The van der Waals surface area contributed by atoms with Crippen LogP contribution in [0.4, 0.5) is 0 Å². The first-order valence-electron chi connectivity index (χ1n) is 8.05. The number of hydrogen-bond donors (Lipinski definition) is 0. The molecule has 0 aromatic heterocycles. The second-order valence-electron chi connectivity index (χ2n) is 6.42. The largest absolute Gasteiger partial charge is 0.375 e. The van der Waals surface area contributed by atoms with E-state index in [2.05, 4.69) is 40.0 Å². The van der Waals surface area contributed by atoms with Crippen molar-refractivity contribution in [3.63, 3.8) is 0 Å². The lowest BCUT2D eigenvalue weighted by Crippen LogP contribution is -2.35. The summed E-state index contributed by atoms with van der Waals surface area (Å²) in [5.41, 5.74) is 1.23. The minimum atomic E-state index is -1.34. The van der Waals surface area contributed by atoms with Crippen LogP contribution in [0.2, 0.25) is 18.6 Å². The van der Waals surface area contributed by atoms with Gasteiger partial charge in [-0.3, -0.25) is 0 Å². The van der Waals surface area contributed by atoms with Crippen molar-refractivity contribution in [1.82, 2.24) is 0 Å². The van der Waals surface area contributed by atoms with Crippen molar-refractivity contribution >= 4 is 8.07 Å². The fourth-order valence-electron chi connectivity index (χ4n) is 2.79. The van der Waals surface area contributed by atoms with E-state index >= 15 is 0 Å². The lowest BCUT2D eigenvalue weighted by Gasteiger charge is -2.30. The smallest absolute Gasteiger partial charge is 0.104 e. The van der Waals surface area contributed by atoms with Gasteiger partial charge >= 0.3 is 0 Å². The molecule has 0 saturated carbocycles. The molecule has 0 amide bonds. The van der Waals surface area contributed by atoms with E-state index in [9.17, 15) is 0 Å². The van der Waals surface area contributed by atoms with Gasteiger partial charge in [0.2, 0.25) is 0 Å². The zero-order valence-corrected chi connectivity index (χ0v) is 14.8. The molecule has 2 nitrogen and oxygen atoms in total. The maximum absolute atomic E-state index is 5.90. The summed E-state index contributed by atoms with van der Waals surface area (Å²) in [7, 11) is -1.34. The van der Waals surface area contributed by atoms with Gasteiger partial charge in [-0.25, -0.2) is 0 Å². The van der Waals surface area contributed by atoms with Crippen LogP contribution in [0.3, 0.4) is 0 Å². The van der Waals surface area contributed by atoms with Gasteiger partial charge in [0.05, 0.1) is 27.9 Å². The molecule has 0 radical (unpaired) electrons. The summed E-state index contributed by atoms with van der Waals surface area (Å²) in [6.07, 6.45) is 6.32. The van der Waals surface area contributed by atoms with Crippen LogP contribution in [0.15, 0.2) is 23.4 Å². The summed E-state index contributed by atoms with van der Waals surface area (Å²) in [6.45, 7) is 15.7. The van der Waals surface area contributed by atoms with E-state index in [4.69, 9.17) is 9.47 Å². The first-order valence-corrected chi connectivity index (χ1v) is 11.0. The Morgan fingerprint density at radius 1 is 1.35 bits per heavy atom. The fourth-order valence-corrected chi connectivity index (χ4v) is 6.94. The first-order chi connectivity index (χ1) is 9.51. The van der Waals surface area contributed by atoms with E-state index in [0.29, 0.717) is 6.10 Å². The van der Waals surface area contributed by atoms with Gasteiger partial charge < -0.3 is 9.47 Å². The molecule has 0 unspecified atom stereocenters. The van der Waals surface area contributed by atoms with Gasteiger partial charge in [0.1, 0.15) is 6.10 Å². The van der Waals surface area contributed by atoms with Gasteiger partial charge in [-0.15, -0.1) is 0 Å². The minimum absolute atomic E-state index is 0.364. The summed E-state index contributed by atoms with van der Waals surface area (Å²) in [4.78, 5) is 0. The summed E-state index contributed by atoms with van der Waals surface area (Å²) >= 11 is 0. The van der Waals surface area contributed by atoms with Crippen molar-refractivity contribution in [1.29, 1.82) is 0 Å². The molecule has 116 valence electrons. The van der Waals surface area contributed by atoms with Crippen molar-refractivity contribution < 1.29 is 9.47 Å². The van der Waals surface area contributed by atoms with E-state index in [0.717, 1.165) is 26.2 Å². The second-order valence-corrected chi connectivity index (χ2v) is 11.2. The molecule has 1 saturated heterocycles. The summed E-state index contributed by atoms with van der Waals surface area (Å²) in [6, 6.07) is 2.73. The topological polar surface area (TPSA) is 21.8 Å². The Hall–Kier alpha value is -0.383. The Morgan fingerprint density at radius 2 is 1.95 bits per heavy atom. The van der Waals surface area contributed by atoms with E-state index in [-0.39, 0.29) is 0 Å². The van der Waals surface area contributed by atoms with E-state index in [1.54, 1.807) is 5.20 Å². The van der Waals surface area contributed by atoms with Crippen LogP contribution in [0.25, 0.3) is 0 Å². The second kappa shape index (κ2) is 8.80. The molecule has 0 aromatic rings. The lowest BCUT2D eigenvalue weighted by molar-refractivity contribution is 0.138. The van der Waals surface area contributed by atoms with Crippen LogP contribution in [-0.4, -0.2) is 34.0 Å². The van der Waals surface area contributed by atoms with Gasteiger partial charge in [0.15, 0.2) is 0 Å². The van der Waals surface area contributed by atoms with E-state index in [1.165, 1.54) is 30.5 Å². The van der Waals surface area contributed by atoms with Crippen LogP contribution in [-0.2, 0) is 9.47 Å². The third-order valence-electron chi connectivity index (χ3n) is 4.04. The minimum Gasteiger partial charge on any atom is -0.375 e. The highest BCUT2D eigenvalue weighted by Gasteiger charge is 2.30. The van der Waals surface area contributed by atoms with Gasteiger partial charge in [0.25, 0.3) is 0 Å². The normalized spacial score (nSPS) is 19.2. The molecule has 1 rings (SSSR count). The molecular weight excluding hydrogens is 264 g/mol.